The number of nitrogens with zero attached hydrogens (tertiary/aromatic N) is 7. The molecule has 1 aromatic carbocycles. The van der Waals surface area contributed by atoms with E-state index in [2.05, 4.69) is 30.5 Å². The van der Waals surface area contributed by atoms with Gasteiger partial charge in [-0.25, -0.2) is 19.6 Å². The molecule has 4 aromatic rings. The zero-order valence-corrected chi connectivity index (χ0v) is 18.7. The van der Waals surface area contributed by atoms with Gasteiger partial charge in [0.2, 0.25) is 5.82 Å². The van der Waals surface area contributed by atoms with Crippen molar-refractivity contribution in [1.29, 1.82) is 0 Å². The second kappa shape index (κ2) is 10.5. The highest BCUT2D eigenvalue weighted by molar-refractivity contribution is 5.94. The standard InChI is InChI=1S/C23H26N8O2/c1-3-20-28-22(21-25-15-19(33-2)16-26-21)31(29-20)18-9-6-8-17(14-18)23(32)24-10-4-5-12-30-13-7-11-27-30/h6-9,11,13-16H,3-5,10,12H2,1-2H3,(H,24,32). The van der Waals surface area contributed by atoms with E-state index < -0.39 is 0 Å². The number of hydrogen-bond donors (Lipinski definition) is 1. The predicted octanol–water partition coefficient (Wildman–Crippen LogP) is 2.70. The van der Waals surface area contributed by atoms with Crippen LogP contribution in [0.4, 0.5) is 0 Å². The fourth-order valence-electron chi connectivity index (χ4n) is 3.28. The van der Waals surface area contributed by atoms with E-state index in [4.69, 9.17) is 4.74 Å². The van der Waals surface area contributed by atoms with Gasteiger partial charge in [0.15, 0.2) is 17.4 Å². The number of amides is 1. The van der Waals surface area contributed by atoms with Gasteiger partial charge in [-0.05, 0) is 37.1 Å². The highest BCUT2D eigenvalue weighted by atomic mass is 16.5. The average molecular weight is 447 g/mol. The lowest BCUT2D eigenvalue weighted by Gasteiger charge is -2.09. The Kier molecular flexibility index (Phi) is 7.03. The summed E-state index contributed by atoms with van der Waals surface area (Å²) in [5.74, 6) is 2.02. The molecule has 0 atom stereocenters. The number of rotatable bonds is 10. The number of unbranched alkanes of at least 4 members (excludes halogenated alkanes) is 1. The molecule has 0 saturated heterocycles. The zero-order valence-electron chi connectivity index (χ0n) is 18.7. The van der Waals surface area contributed by atoms with Crippen LogP contribution in [0.2, 0.25) is 0 Å². The first-order chi connectivity index (χ1) is 16.2. The molecule has 3 aromatic heterocycles. The first kappa shape index (κ1) is 22.1. The van der Waals surface area contributed by atoms with Crippen LogP contribution in [0.1, 0.15) is 35.9 Å². The molecule has 170 valence electrons. The van der Waals surface area contributed by atoms with Gasteiger partial charge in [-0.3, -0.25) is 9.48 Å². The maximum Gasteiger partial charge on any atom is 0.251 e. The van der Waals surface area contributed by atoms with Crippen molar-refractivity contribution in [2.75, 3.05) is 13.7 Å². The molecule has 0 spiro atoms. The molecule has 0 fully saturated rings. The molecule has 4 rings (SSSR count). The van der Waals surface area contributed by atoms with Crippen LogP contribution >= 0.6 is 0 Å². The number of methoxy groups -OCH3 is 1. The molecule has 0 aliphatic heterocycles. The van der Waals surface area contributed by atoms with Gasteiger partial charge >= 0.3 is 0 Å². The summed E-state index contributed by atoms with van der Waals surface area (Å²) in [7, 11) is 1.56. The molecule has 33 heavy (non-hydrogen) atoms. The first-order valence-corrected chi connectivity index (χ1v) is 10.9. The fourth-order valence-corrected chi connectivity index (χ4v) is 3.28. The Morgan fingerprint density at radius 3 is 2.73 bits per heavy atom. The minimum atomic E-state index is -0.131. The highest BCUT2D eigenvalue weighted by Crippen LogP contribution is 2.20. The van der Waals surface area contributed by atoms with Crippen LogP contribution in [0.15, 0.2) is 55.1 Å². The van der Waals surface area contributed by atoms with E-state index >= 15 is 0 Å². The normalized spacial score (nSPS) is 10.8. The van der Waals surface area contributed by atoms with Crippen LogP contribution in [0.25, 0.3) is 17.3 Å². The van der Waals surface area contributed by atoms with Gasteiger partial charge in [-0.1, -0.05) is 13.0 Å². The van der Waals surface area contributed by atoms with Gasteiger partial charge in [-0.2, -0.15) is 10.2 Å². The van der Waals surface area contributed by atoms with E-state index in [1.54, 1.807) is 42.5 Å². The number of ether oxygens (including phenoxy) is 1. The topological polar surface area (TPSA) is 113 Å². The lowest BCUT2D eigenvalue weighted by Crippen LogP contribution is -2.24. The van der Waals surface area contributed by atoms with E-state index in [0.717, 1.165) is 19.4 Å². The van der Waals surface area contributed by atoms with Crippen molar-refractivity contribution in [1.82, 2.24) is 39.8 Å². The third kappa shape index (κ3) is 5.40. The summed E-state index contributed by atoms with van der Waals surface area (Å²) in [6, 6.07) is 9.18. The smallest absolute Gasteiger partial charge is 0.251 e. The van der Waals surface area contributed by atoms with Crippen molar-refractivity contribution in [3.63, 3.8) is 0 Å². The molecule has 1 N–H and O–H groups in total. The number of carbonyl (C=O) groups excluding carboxylic acids is 1. The van der Waals surface area contributed by atoms with Crippen LogP contribution in [0.5, 0.6) is 5.75 Å². The van der Waals surface area contributed by atoms with Crippen molar-refractivity contribution in [3.8, 4) is 23.1 Å². The van der Waals surface area contributed by atoms with Crippen LogP contribution < -0.4 is 10.1 Å². The van der Waals surface area contributed by atoms with E-state index in [-0.39, 0.29) is 5.91 Å². The van der Waals surface area contributed by atoms with Gasteiger partial charge < -0.3 is 10.1 Å². The quantitative estimate of drug-likeness (QED) is 0.373. The molecular weight excluding hydrogens is 420 g/mol. The molecular formula is C23H26N8O2. The van der Waals surface area contributed by atoms with Crippen molar-refractivity contribution in [2.45, 2.75) is 32.7 Å². The Bertz CT molecular complexity index is 1190. The third-order valence-electron chi connectivity index (χ3n) is 5.04. The summed E-state index contributed by atoms with van der Waals surface area (Å²) in [6.45, 7) is 3.41. The molecule has 0 bridgehead atoms. The van der Waals surface area contributed by atoms with Crippen molar-refractivity contribution in [3.05, 3.63) is 66.5 Å². The minimum Gasteiger partial charge on any atom is -0.494 e. The van der Waals surface area contributed by atoms with Crippen LogP contribution in [-0.2, 0) is 13.0 Å². The largest absolute Gasteiger partial charge is 0.494 e. The highest BCUT2D eigenvalue weighted by Gasteiger charge is 2.17. The van der Waals surface area contributed by atoms with E-state index in [1.807, 2.05) is 36.0 Å². The Hall–Kier alpha value is -4.08. The van der Waals surface area contributed by atoms with Gasteiger partial charge in [0.1, 0.15) is 0 Å². The molecule has 10 heteroatoms. The predicted molar refractivity (Wildman–Crippen MR) is 122 cm³/mol. The summed E-state index contributed by atoms with van der Waals surface area (Å²) in [4.78, 5) is 26.0. The van der Waals surface area contributed by atoms with Crippen LogP contribution in [-0.4, -0.2) is 54.1 Å². The lowest BCUT2D eigenvalue weighted by molar-refractivity contribution is 0.0953. The summed E-state index contributed by atoms with van der Waals surface area (Å²) in [5.41, 5.74) is 1.26. The van der Waals surface area contributed by atoms with Crippen LogP contribution in [0, 0.1) is 0 Å². The van der Waals surface area contributed by atoms with Crippen LogP contribution in [0.3, 0.4) is 0 Å². The van der Waals surface area contributed by atoms with Gasteiger partial charge in [0.05, 0.1) is 25.2 Å². The SMILES string of the molecule is CCc1nc(-c2ncc(OC)cn2)n(-c2cccc(C(=O)NCCCCn3cccn3)c2)n1. The monoisotopic (exact) mass is 446 g/mol. The summed E-state index contributed by atoms with van der Waals surface area (Å²) >= 11 is 0. The number of benzene rings is 1. The molecule has 10 nitrogen and oxygen atoms in total. The molecule has 0 unspecified atom stereocenters. The molecule has 0 aliphatic rings. The Morgan fingerprint density at radius 2 is 2.00 bits per heavy atom. The number of nitrogens with one attached hydrogen (secondary N) is 1. The van der Waals surface area contributed by atoms with Crippen molar-refractivity contribution in [2.24, 2.45) is 0 Å². The van der Waals surface area contributed by atoms with Gasteiger partial charge in [-0.15, -0.1) is 0 Å². The van der Waals surface area contributed by atoms with Gasteiger partial charge in [0.25, 0.3) is 5.91 Å². The summed E-state index contributed by atoms with van der Waals surface area (Å²) in [5, 5.41) is 11.7. The minimum absolute atomic E-state index is 0.131. The maximum absolute atomic E-state index is 12.7. The Labute approximate surface area is 191 Å². The Morgan fingerprint density at radius 1 is 1.15 bits per heavy atom. The van der Waals surface area contributed by atoms with E-state index in [1.165, 1.54) is 0 Å². The second-order valence-electron chi connectivity index (χ2n) is 7.35. The lowest BCUT2D eigenvalue weighted by atomic mass is 10.2. The van der Waals surface area contributed by atoms with E-state index in [9.17, 15) is 4.79 Å². The van der Waals surface area contributed by atoms with E-state index in [0.29, 0.717) is 47.4 Å². The molecule has 1 amide bonds. The number of aromatic nitrogens is 7. The molecule has 3 heterocycles. The first-order valence-electron chi connectivity index (χ1n) is 10.9. The third-order valence-corrected chi connectivity index (χ3v) is 5.04. The second-order valence-corrected chi connectivity index (χ2v) is 7.35. The summed E-state index contributed by atoms with van der Waals surface area (Å²) in [6.07, 6.45) is 9.34. The zero-order chi connectivity index (χ0) is 23.0. The summed E-state index contributed by atoms with van der Waals surface area (Å²) < 4.78 is 8.69. The Balaban J connectivity index is 1.46. The van der Waals surface area contributed by atoms with Crippen molar-refractivity contribution >= 4 is 5.91 Å². The molecule has 0 aliphatic carbocycles. The number of carbonyl (C=O) groups is 1. The van der Waals surface area contributed by atoms with Crippen molar-refractivity contribution < 1.29 is 9.53 Å². The van der Waals surface area contributed by atoms with Gasteiger partial charge in [0, 0.05) is 37.5 Å². The fraction of sp³-hybridized carbons (Fsp3) is 0.304. The average Bonchev–Trinajstić information content (AvgIpc) is 3.54. The maximum atomic E-state index is 12.7. The number of hydrogen-bond acceptors (Lipinski definition) is 7. The molecule has 0 radical (unpaired) electrons. The number of aryl methyl sites for hydroxylation is 2. The molecule has 0 saturated carbocycles.